The Labute approximate surface area is 112 Å². The first-order chi connectivity index (χ1) is 9.24. The number of nitrogens with two attached hydrogens (primary N) is 1. The molecule has 98 valence electrons. The van der Waals surface area contributed by atoms with Gasteiger partial charge in [-0.2, -0.15) is 0 Å². The van der Waals surface area contributed by atoms with E-state index in [1.54, 1.807) is 6.20 Å². The largest absolute Gasteiger partial charge is 0.330 e. The molecule has 2 aromatic rings. The normalized spacial score (nSPS) is 17.1. The van der Waals surface area contributed by atoms with E-state index in [1.807, 2.05) is 30.3 Å². The van der Waals surface area contributed by atoms with Gasteiger partial charge in [0.05, 0.1) is 5.52 Å². The topological polar surface area (TPSA) is 56.0 Å². The third-order valence-electron chi connectivity index (χ3n) is 4.33. The molecule has 0 saturated heterocycles. The van der Waals surface area contributed by atoms with E-state index in [0.717, 1.165) is 29.3 Å². The van der Waals surface area contributed by atoms with Crippen LogP contribution in [0.15, 0.2) is 36.5 Å². The Hall–Kier alpha value is -1.74. The average molecular weight is 254 g/mol. The minimum absolute atomic E-state index is 0.0570. The summed E-state index contributed by atoms with van der Waals surface area (Å²) in [5, 5.41) is 0.946. The molecular formula is C16H18N2O. The molecule has 0 aliphatic heterocycles. The summed E-state index contributed by atoms with van der Waals surface area (Å²) in [6, 6.07) is 9.58. The molecule has 0 unspecified atom stereocenters. The summed E-state index contributed by atoms with van der Waals surface area (Å²) in [4.78, 5) is 16.8. The molecule has 1 aromatic heterocycles. The molecule has 2 N–H and O–H groups in total. The van der Waals surface area contributed by atoms with E-state index in [2.05, 4.69) is 4.98 Å². The number of rotatable bonds is 4. The lowest BCUT2D eigenvalue weighted by Crippen LogP contribution is -2.39. The fourth-order valence-electron chi connectivity index (χ4n) is 2.91. The number of Topliss-reactive ketones (excluding diaryl/α,β-unsaturated/α-hetero) is 1. The van der Waals surface area contributed by atoms with Gasteiger partial charge in [-0.05, 0) is 36.9 Å². The first-order valence-electron chi connectivity index (χ1n) is 6.81. The molecule has 19 heavy (non-hydrogen) atoms. The van der Waals surface area contributed by atoms with Crippen molar-refractivity contribution in [2.45, 2.75) is 25.7 Å². The van der Waals surface area contributed by atoms with Gasteiger partial charge in [0.1, 0.15) is 0 Å². The molecule has 1 saturated carbocycles. The fraction of sp³-hybridized carbons (Fsp3) is 0.375. The van der Waals surface area contributed by atoms with Gasteiger partial charge in [-0.3, -0.25) is 9.78 Å². The minimum atomic E-state index is 0.0570. The van der Waals surface area contributed by atoms with Crippen molar-refractivity contribution in [3.05, 3.63) is 42.1 Å². The second-order valence-corrected chi connectivity index (χ2v) is 5.53. The highest BCUT2D eigenvalue weighted by molar-refractivity contribution is 6.07. The van der Waals surface area contributed by atoms with Crippen LogP contribution in [0.3, 0.4) is 0 Å². The van der Waals surface area contributed by atoms with Crippen molar-refractivity contribution in [3.63, 3.8) is 0 Å². The van der Waals surface area contributed by atoms with E-state index in [0.29, 0.717) is 13.0 Å². The molecule has 1 aliphatic rings. The molecule has 0 amide bonds. The minimum Gasteiger partial charge on any atom is -0.330 e. The van der Waals surface area contributed by atoms with Crippen molar-refractivity contribution >= 4 is 16.7 Å². The lowest BCUT2D eigenvalue weighted by atomic mass is 9.65. The maximum atomic E-state index is 12.5. The molecule has 3 nitrogen and oxygen atoms in total. The van der Waals surface area contributed by atoms with E-state index in [4.69, 9.17) is 5.73 Å². The summed E-state index contributed by atoms with van der Waals surface area (Å²) in [7, 11) is 0. The Balaban J connectivity index is 1.93. The van der Waals surface area contributed by atoms with Crippen LogP contribution in [0.4, 0.5) is 0 Å². The Kier molecular flexibility index (Phi) is 3.07. The second kappa shape index (κ2) is 4.74. The summed E-state index contributed by atoms with van der Waals surface area (Å²) in [6.07, 6.45) is 5.68. The number of benzene rings is 1. The van der Waals surface area contributed by atoms with Crippen molar-refractivity contribution in [2.75, 3.05) is 6.54 Å². The average Bonchev–Trinajstić information content (AvgIpc) is 2.42. The zero-order chi connectivity index (χ0) is 13.3. The first kappa shape index (κ1) is 12.3. The van der Waals surface area contributed by atoms with Crippen LogP contribution in [0, 0.1) is 5.41 Å². The summed E-state index contributed by atoms with van der Waals surface area (Å²) >= 11 is 0. The number of carbonyl (C=O) groups excluding carboxylic acids is 1. The van der Waals surface area contributed by atoms with Crippen LogP contribution in [0.2, 0.25) is 0 Å². The molecule has 1 aromatic carbocycles. The number of ketones is 1. The van der Waals surface area contributed by atoms with Crippen molar-refractivity contribution in [1.82, 2.24) is 4.98 Å². The van der Waals surface area contributed by atoms with Crippen LogP contribution < -0.4 is 5.73 Å². The van der Waals surface area contributed by atoms with Gasteiger partial charge in [-0.25, -0.2) is 0 Å². The van der Waals surface area contributed by atoms with Crippen molar-refractivity contribution in [3.8, 4) is 0 Å². The van der Waals surface area contributed by atoms with Gasteiger partial charge in [0, 0.05) is 23.6 Å². The number of pyridine rings is 1. The van der Waals surface area contributed by atoms with E-state index >= 15 is 0 Å². The van der Waals surface area contributed by atoms with Crippen molar-refractivity contribution < 1.29 is 4.79 Å². The molecule has 0 radical (unpaired) electrons. The molecule has 1 heterocycles. The zero-order valence-electron chi connectivity index (χ0n) is 10.9. The maximum absolute atomic E-state index is 12.5. The second-order valence-electron chi connectivity index (χ2n) is 5.53. The molecule has 1 fully saturated rings. The molecule has 1 aliphatic carbocycles. The van der Waals surface area contributed by atoms with Gasteiger partial charge in [-0.15, -0.1) is 0 Å². The Morgan fingerprint density at radius 2 is 2.11 bits per heavy atom. The maximum Gasteiger partial charge on any atom is 0.164 e. The van der Waals surface area contributed by atoms with Gasteiger partial charge < -0.3 is 5.73 Å². The predicted molar refractivity (Wildman–Crippen MR) is 76.0 cm³/mol. The van der Waals surface area contributed by atoms with Crippen LogP contribution >= 0.6 is 0 Å². The standard InChI is InChI=1S/C16H18N2O/c17-11-16(7-3-8-16)10-15(19)13-4-1-6-14-12(13)5-2-9-18-14/h1-2,4-6,9H,3,7-8,10-11,17H2. The number of fused-ring (bicyclic) bond motifs is 1. The lowest BCUT2D eigenvalue weighted by Gasteiger charge is -2.40. The zero-order valence-corrected chi connectivity index (χ0v) is 10.9. The van der Waals surface area contributed by atoms with Crippen LogP contribution in [0.1, 0.15) is 36.0 Å². The third kappa shape index (κ3) is 2.15. The molecule has 3 heteroatoms. The van der Waals surface area contributed by atoms with E-state index < -0.39 is 0 Å². The molecule has 0 atom stereocenters. The van der Waals surface area contributed by atoms with Gasteiger partial charge >= 0.3 is 0 Å². The third-order valence-corrected chi connectivity index (χ3v) is 4.33. The SMILES string of the molecule is NCC1(CC(=O)c2cccc3ncccc23)CCC1. The number of hydrogen-bond donors (Lipinski definition) is 1. The molecular weight excluding hydrogens is 236 g/mol. The molecule has 0 bridgehead atoms. The Bertz CT molecular complexity index is 606. The Morgan fingerprint density at radius 3 is 2.79 bits per heavy atom. The summed E-state index contributed by atoms with van der Waals surface area (Å²) in [5.41, 5.74) is 7.56. The highest BCUT2D eigenvalue weighted by Gasteiger charge is 2.37. The van der Waals surface area contributed by atoms with Crippen LogP contribution in [0.25, 0.3) is 10.9 Å². The fourth-order valence-corrected chi connectivity index (χ4v) is 2.91. The Morgan fingerprint density at radius 1 is 1.26 bits per heavy atom. The summed E-state index contributed by atoms with van der Waals surface area (Å²) < 4.78 is 0. The number of aromatic nitrogens is 1. The first-order valence-corrected chi connectivity index (χ1v) is 6.81. The van der Waals surface area contributed by atoms with E-state index in [9.17, 15) is 4.79 Å². The van der Waals surface area contributed by atoms with Gasteiger partial charge in [0.2, 0.25) is 0 Å². The number of carbonyl (C=O) groups is 1. The molecule has 3 rings (SSSR count). The van der Waals surface area contributed by atoms with Crippen LogP contribution in [0.5, 0.6) is 0 Å². The van der Waals surface area contributed by atoms with Gasteiger partial charge in [0.15, 0.2) is 5.78 Å². The van der Waals surface area contributed by atoms with Crippen LogP contribution in [-0.2, 0) is 0 Å². The van der Waals surface area contributed by atoms with Gasteiger partial charge in [-0.1, -0.05) is 24.6 Å². The highest BCUT2D eigenvalue weighted by atomic mass is 16.1. The predicted octanol–water partition coefficient (Wildman–Crippen LogP) is 2.94. The summed E-state index contributed by atoms with van der Waals surface area (Å²) in [5.74, 6) is 0.198. The lowest BCUT2D eigenvalue weighted by molar-refractivity contribution is 0.0787. The van der Waals surface area contributed by atoms with Crippen molar-refractivity contribution in [1.29, 1.82) is 0 Å². The van der Waals surface area contributed by atoms with E-state index in [-0.39, 0.29) is 11.2 Å². The smallest absolute Gasteiger partial charge is 0.164 e. The quantitative estimate of drug-likeness (QED) is 0.853. The number of hydrogen-bond acceptors (Lipinski definition) is 3. The molecule has 0 spiro atoms. The summed E-state index contributed by atoms with van der Waals surface area (Å²) in [6.45, 7) is 0.613. The van der Waals surface area contributed by atoms with Crippen molar-refractivity contribution in [2.24, 2.45) is 11.1 Å². The van der Waals surface area contributed by atoms with Crippen LogP contribution in [-0.4, -0.2) is 17.3 Å². The monoisotopic (exact) mass is 254 g/mol. The van der Waals surface area contributed by atoms with E-state index in [1.165, 1.54) is 6.42 Å². The van der Waals surface area contributed by atoms with Gasteiger partial charge in [0.25, 0.3) is 0 Å². The number of nitrogens with zero attached hydrogens (tertiary/aromatic N) is 1. The highest BCUT2D eigenvalue weighted by Crippen LogP contribution is 2.43.